The molecule has 0 unspecified atom stereocenters. The van der Waals surface area contributed by atoms with Gasteiger partial charge in [-0.15, -0.1) is 0 Å². The van der Waals surface area contributed by atoms with E-state index in [0.29, 0.717) is 17.1 Å². The molecule has 2 aromatic rings. The fourth-order valence-electron chi connectivity index (χ4n) is 3.44. The third-order valence-corrected chi connectivity index (χ3v) is 4.78. The summed E-state index contributed by atoms with van der Waals surface area (Å²) in [6.45, 7) is 4.18. The highest BCUT2D eigenvalue weighted by Crippen LogP contribution is 2.41. The fraction of sp³-hybridized carbons (Fsp3) is 0.471. The van der Waals surface area contributed by atoms with E-state index in [0.717, 1.165) is 23.7 Å². The predicted molar refractivity (Wildman–Crippen MR) is 88.1 cm³/mol. The fourth-order valence-corrected chi connectivity index (χ4v) is 3.44. The summed E-state index contributed by atoms with van der Waals surface area (Å²) in [7, 11) is -1.63. The minimum atomic E-state index is -1.63. The summed E-state index contributed by atoms with van der Waals surface area (Å²) in [6, 6.07) is 8.51. The lowest BCUT2D eigenvalue weighted by molar-refractivity contribution is 0.414. The molecule has 1 aliphatic rings. The van der Waals surface area contributed by atoms with E-state index in [1.807, 2.05) is 10.6 Å². The second-order valence-corrected chi connectivity index (χ2v) is 6.14. The van der Waals surface area contributed by atoms with Crippen molar-refractivity contribution in [3.05, 3.63) is 29.3 Å². The Morgan fingerprint density at radius 3 is 2.50 bits per heavy atom. The lowest BCUT2D eigenvalue weighted by atomic mass is 9.82. The highest BCUT2D eigenvalue weighted by molar-refractivity contribution is 6.59. The quantitative estimate of drug-likeness (QED) is 0.833. The summed E-state index contributed by atoms with van der Waals surface area (Å²) >= 11 is 0. The van der Waals surface area contributed by atoms with Gasteiger partial charge in [-0.2, -0.15) is 5.26 Å². The Labute approximate surface area is 131 Å². The van der Waals surface area contributed by atoms with Crippen LogP contribution in [-0.4, -0.2) is 21.7 Å². The average molecular weight is 296 g/mol. The van der Waals surface area contributed by atoms with Crippen LogP contribution >= 0.6 is 0 Å². The summed E-state index contributed by atoms with van der Waals surface area (Å²) in [4.78, 5) is 0. The minimum Gasteiger partial charge on any atom is -0.422 e. The number of nitriles is 1. The molecule has 1 aliphatic carbocycles. The van der Waals surface area contributed by atoms with Gasteiger partial charge in [0, 0.05) is 16.9 Å². The van der Waals surface area contributed by atoms with E-state index in [9.17, 15) is 15.3 Å². The van der Waals surface area contributed by atoms with Crippen molar-refractivity contribution >= 4 is 23.6 Å². The molecule has 4 nitrogen and oxygen atoms in total. The van der Waals surface area contributed by atoms with Gasteiger partial charge in [-0.1, -0.05) is 26.0 Å². The maximum Gasteiger partial charge on any atom is 0.507 e. The van der Waals surface area contributed by atoms with Gasteiger partial charge in [-0.05, 0) is 43.2 Å². The zero-order chi connectivity index (χ0) is 15.9. The van der Waals surface area contributed by atoms with Crippen LogP contribution in [0.4, 0.5) is 0 Å². The molecule has 0 bridgehead atoms. The SMILES string of the molecule is CCC(CC)n1c(B(O)O)c(C#N)c2ccc(C3CC3)cc21. The summed E-state index contributed by atoms with van der Waals surface area (Å²) in [5, 5.41) is 30.0. The maximum atomic E-state index is 9.83. The average Bonchev–Trinajstić information content (AvgIpc) is 3.31. The molecule has 0 saturated heterocycles. The number of rotatable bonds is 5. The molecule has 1 fully saturated rings. The molecule has 0 amide bonds. The van der Waals surface area contributed by atoms with Crippen LogP contribution in [0.1, 0.15) is 62.6 Å². The second kappa shape index (κ2) is 5.79. The smallest absolute Gasteiger partial charge is 0.422 e. The van der Waals surface area contributed by atoms with Gasteiger partial charge in [0.2, 0.25) is 0 Å². The Kier molecular flexibility index (Phi) is 3.99. The van der Waals surface area contributed by atoms with Crippen LogP contribution in [0.3, 0.4) is 0 Å². The number of benzene rings is 1. The van der Waals surface area contributed by atoms with Crippen molar-refractivity contribution in [1.29, 1.82) is 5.26 Å². The van der Waals surface area contributed by atoms with Crippen LogP contribution in [0.15, 0.2) is 18.2 Å². The number of aromatic nitrogens is 1. The van der Waals surface area contributed by atoms with Gasteiger partial charge in [0.15, 0.2) is 0 Å². The number of hydrogen-bond donors (Lipinski definition) is 2. The summed E-state index contributed by atoms with van der Waals surface area (Å²) in [5.41, 5.74) is 2.97. The van der Waals surface area contributed by atoms with Crippen molar-refractivity contribution in [1.82, 2.24) is 4.57 Å². The van der Waals surface area contributed by atoms with Gasteiger partial charge in [0.25, 0.3) is 0 Å². The van der Waals surface area contributed by atoms with E-state index in [1.54, 1.807) is 0 Å². The molecule has 114 valence electrons. The van der Waals surface area contributed by atoms with Crippen LogP contribution in [0.2, 0.25) is 0 Å². The van der Waals surface area contributed by atoms with Gasteiger partial charge < -0.3 is 14.6 Å². The summed E-state index contributed by atoms with van der Waals surface area (Å²) < 4.78 is 1.98. The van der Waals surface area contributed by atoms with Gasteiger partial charge >= 0.3 is 7.12 Å². The van der Waals surface area contributed by atoms with Crippen molar-refractivity contribution in [2.75, 3.05) is 0 Å². The van der Waals surface area contributed by atoms with E-state index in [4.69, 9.17) is 0 Å². The molecule has 0 aliphatic heterocycles. The molecule has 0 radical (unpaired) electrons. The van der Waals surface area contributed by atoms with Crippen LogP contribution in [-0.2, 0) is 0 Å². The maximum absolute atomic E-state index is 9.83. The van der Waals surface area contributed by atoms with Crippen LogP contribution < -0.4 is 5.59 Å². The first-order chi connectivity index (χ1) is 10.6. The van der Waals surface area contributed by atoms with E-state index >= 15 is 0 Å². The third kappa shape index (κ3) is 2.33. The van der Waals surface area contributed by atoms with Crippen molar-refractivity contribution in [2.45, 2.75) is 51.5 Å². The van der Waals surface area contributed by atoms with Gasteiger partial charge in [-0.25, -0.2) is 0 Å². The first kappa shape index (κ1) is 15.1. The molecule has 5 heteroatoms. The first-order valence-electron chi connectivity index (χ1n) is 8.06. The van der Waals surface area contributed by atoms with Crippen LogP contribution in [0.5, 0.6) is 0 Å². The van der Waals surface area contributed by atoms with E-state index in [2.05, 4.69) is 32.0 Å². The summed E-state index contributed by atoms with van der Waals surface area (Å²) in [6.07, 6.45) is 4.21. The Bertz CT molecular complexity index is 737. The van der Waals surface area contributed by atoms with Gasteiger partial charge in [0.05, 0.1) is 11.2 Å². The molecule has 0 spiro atoms. The lowest BCUT2D eigenvalue weighted by Crippen LogP contribution is -2.39. The predicted octanol–water partition coefficient (Wildman–Crippen LogP) is 2.43. The Balaban J connectivity index is 2.33. The van der Waals surface area contributed by atoms with Gasteiger partial charge in [0.1, 0.15) is 6.07 Å². The number of fused-ring (bicyclic) bond motifs is 1. The normalized spacial score (nSPS) is 14.5. The Hall–Kier alpha value is -1.77. The van der Waals surface area contributed by atoms with Crippen LogP contribution in [0.25, 0.3) is 10.9 Å². The molecule has 22 heavy (non-hydrogen) atoms. The summed E-state index contributed by atoms with van der Waals surface area (Å²) in [5.74, 6) is 0.627. The lowest BCUT2D eigenvalue weighted by Gasteiger charge is -2.20. The molecule has 0 atom stereocenters. The molecular formula is C17H21BN2O2. The molecule has 1 aromatic carbocycles. The second-order valence-electron chi connectivity index (χ2n) is 6.14. The largest absolute Gasteiger partial charge is 0.507 e. The van der Waals surface area contributed by atoms with Gasteiger partial charge in [-0.3, -0.25) is 0 Å². The highest BCUT2D eigenvalue weighted by atomic mass is 16.4. The number of hydrogen-bond acceptors (Lipinski definition) is 3. The Morgan fingerprint density at radius 2 is 2.00 bits per heavy atom. The van der Waals surface area contributed by atoms with E-state index < -0.39 is 7.12 Å². The monoisotopic (exact) mass is 296 g/mol. The van der Waals surface area contributed by atoms with Crippen molar-refractivity contribution in [3.8, 4) is 6.07 Å². The van der Waals surface area contributed by atoms with Crippen molar-refractivity contribution < 1.29 is 10.0 Å². The molecular weight excluding hydrogens is 275 g/mol. The Morgan fingerprint density at radius 1 is 1.32 bits per heavy atom. The minimum absolute atomic E-state index is 0.163. The molecule has 2 N–H and O–H groups in total. The standard InChI is InChI=1S/C17H21BN2O2/c1-3-13(4-2)20-16-9-12(11-5-6-11)7-8-14(16)15(10-19)17(20)18(21)22/h7-9,11,13,21-22H,3-6H2,1-2H3. The van der Waals surface area contributed by atoms with Crippen LogP contribution in [0, 0.1) is 11.3 Å². The van der Waals surface area contributed by atoms with E-state index in [-0.39, 0.29) is 6.04 Å². The molecule has 1 heterocycles. The molecule has 1 saturated carbocycles. The molecule has 3 rings (SSSR count). The third-order valence-electron chi connectivity index (χ3n) is 4.78. The topological polar surface area (TPSA) is 69.2 Å². The number of nitrogens with zero attached hydrogens (tertiary/aromatic N) is 2. The molecule has 1 aromatic heterocycles. The van der Waals surface area contributed by atoms with Crippen molar-refractivity contribution in [2.24, 2.45) is 0 Å². The zero-order valence-electron chi connectivity index (χ0n) is 13.1. The highest BCUT2D eigenvalue weighted by Gasteiger charge is 2.30. The van der Waals surface area contributed by atoms with E-state index in [1.165, 1.54) is 18.4 Å². The van der Waals surface area contributed by atoms with Crippen molar-refractivity contribution in [3.63, 3.8) is 0 Å². The zero-order valence-corrected chi connectivity index (χ0v) is 13.1. The first-order valence-corrected chi connectivity index (χ1v) is 8.06.